The van der Waals surface area contributed by atoms with Crippen LogP contribution in [0.5, 0.6) is 0 Å². The first-order valence-electron chi connectivity index (χ1n) is 6.20. The molecule has 0 spiro atoms. The molecular weight excluding hydrogens is 337 g/mol. The quantitative estimate of drug-likeness (QED) is 0.798. The van der Waals surface area contributed by atoms with Crippen LogP contribution in [0, 0.1) is 5.92 Å². The summed E-state index contributed by atoms with van der Waals surface area (Å²) in [7, 11) is 2.82. The van der Waals surface area contributed by atoms with Crippen LogP contribution in [0.15, 0.2) is 23.1 Å². The summed E-state index contributed by atoms with van der Waals surface area (Å²) in [4.78, 5) is 11.9. The van der Waals surface area contributed by atoms with E-state index in [4.69, 9.17) is 27.0 Å². The number of halogens is 2. The second kappa shape index (κ2) is 7.45. The molecule has 0 saturated carbocycles. The van der Waals surface area contributed by atoms with Gasteiger partial charge < -0.3 is 10.1 Å². The molecule has 0 aliphatic heterocycles. The van der Waals surface area contributed by atoms with Crippen LogP contribution in [0.1, 0.15) is 24.2 Å². The van der Waals surface area contributed by atoms with E-state index < -0.39 is 15.0 Å². The fourth-order valence-electron chi connectivity index (χ4n) is 1.66. The third-order valence-corrected chi connectivity index (χ3v) is 4.73. The Labute approximate surface area is 134 Å². The Balaban J connectivity index is 3.03. The summed E-state index contributed by atoms with van der Waals surface area (Å²) >= 11 is 5.78. The lowest BCUT2D eigenvalue weighted by molar-refractivity contribution is 0.0866. The average molecular weight is 354 g/mol. The predicted molar refractivity (Wildman–Crippen MR) is 82.5 cm³/mol. The Bertz CT molecular complexity index is 617. The van der Waals surface area contributed by atoms with Crippen molar-refractivity contribution in [1.82, 2.24) is 5.32 Å². The van der Waals surface area contributed by atoms with Gasteiger partial charge in [0.05, 0.1) is 17.7 Å². The number of carbonyl (C=O) groups excluding carboxylic acids is 1. The number of nitrogens with one attached hydrogen (secondary N) is 1. The van der Waals surface area contributed by atoms with Crippen LogP contribution >= 0.6 is 22.3 Å². The van der Waals surface area contributed by atoms with E-state index >= 15 is 0 Å². The first kappa shape index (κ1) is 18.2. The van der Waals surface area contributed by atoms with Crippen LogP contribution < -0.4 is 5.32 Å². The summed E-state index contributed by atoms with van der Waals surface area (Å²) in [5.41, 5.74) is 0.167. The maximum atomic E-state index is 12.2. The first-order chi connectivity index (χ1) is 9.66. The molecule has 1 unspecified atom stereocenters. The molecule has 118 valence electrons. The van der Waals surface area contributed by atoms with Crippen molar-refractivity contribution in [1.29, 1.82) is 0 Å². The van der Waals surface area contributed by atoms with Gasteiger partial charge in [-0.2, -0.15) is 0 Å². The number of carbonyl (C=O) groups is 1. The molecule has 0 aliphatic carbocycles. The summed E-state index contributed by atoms with van der Waals surface area (Å²) in [6.07, 6.45) is 0. The van der Waals surface area contributed by atoms with Gasteiger partial charge in [-0.3, -0.25) is 4.79 Å². The second-order valence-electron chi connectivity index (χ2n) is 4.86. The number of amides is 1. The normalized spacial score (nSPS) is 13.2. The summed E-state index contributed by atoms with van der Waals surface area (Å²) in [5.74, 6) is -0.249. The van der Waals surface area contributed by atoms with Gasteiger partial charge in [0.15, 0.2) is 0 Å². The van der Waals surface area contributed by atoms with Crippen LogP contribution in [0.25, 0.3) is 0 Å². The lowest BCUT2D eigenvalue weighted by atomic mass is 10.0. The number of hydrogen-bond donors (Lipinski definition) is 1. The van der Waals surface area contributed by atoms with Gasteiger partial charge in [-0.25, -0.2) is 8.42 Å². The summed E-state index contributed by atoms with van der Waals surface area (Å²) in [6, 6.07) is 3.73. The molecule has 0 bridgehead atoms. The van der Waals surface area contributed by atoms with Crippen LogP contribution in [0.4, 0.5) is 0 Å². The van der Waals surface area contributed by atoms with Crippen LogP contribution in [-0.2, 0) is 13.8 Å². The van der Waals surface area contributed by atoms with E-state index in [0.717, 1.165) is 6.07 Å². The van der Waals surface area contributed by atoms with Gasteiger partial charge in [-0.1, -0.05) is 25.4 Å². The van der Waals surface area contributed by atoms with E-state index in [1.165, 1.54) is 12.1 Å². The third-order valence-electron chi connectivity index (χ3n) is 2.92. The Morgan fingerprint density at radius 2 is 2.00 bits per heavy atom. The van der Waals surface area contributed by atoms with Gasteiger partial charge in [-0.05, 0) is 24.1 Å². The maximum absolute atomic E-state index is 12.2. The lowest BCUT2D eigenvalue weighted by Gasteiger charge is -2.21. The minimum atomic E-state index is -4.01. The molecular formula is C13H17Cl2NO4S. The Morgan fingerprint density at radius 3 is 2.48 bits per heavy atom. The predicted octanol–water partition coefficient (Wildman–Crippen LogP) is 2.67. The number of benzene rings is 1. The third kappa shape index (κ3) is 5.14. The highest BCUT2D eigenvalue weighted by atomic mass is 35.7. The van der Waals surface area contributed by atoms with Gasteiger partial charge in [0, 0.05) is 23.4 Å². The molecule has 1 aromatic carbocycles. The van der Waals surface area contributed by atoms with Crippen molar-refractivity contribution in [2.24, 2.45) is 5.92 Å². The van der Waals surface area contributed by atoms with E-state index in [0.29, 0.717) is 6.61 Å². The molecule has 8 heteroatoms. The minimum Gasteiger partial charge on any atom is -0.383 e. The van der Waals surface area contributed by atoms with E-state index in [9.17, 15) is 13.2 Å². The molecule has 1 aromatic rings. The van der Waals surface area contributed by atoms with Gasteiger partial charge in [0.2, 0.25) is 0 Å². The van der Waals surface area contributed by atoms with Crippen molar-refractivity contribution < 1.29 is 17.9 Å². The maximum Gasteiger partial charge on any atom is 0.262 e. The minimum absolute atomic E-state index is 0.0288. The highest BCUT2D eigenvalue weighted by molar-refractivity contribution is 8.13. The topological polar surface area (TPSA) is 72.5 Å². The molecule has 0 fully saturated rings. The Morgan fingerprint density at radius 1 is 1.38 bits per heavy atom. The highest BCUT2D eigenvalue weighted by Gasteiger charge is 2.20. The molecule has 0 radical (unpaired) electrons. The zero-order valence-electron chi connectivity index (χ0n) is 11.9. The summed E-state index contributed by atoms with van der Waals surface area (Å²) in [6.45, 7) is 4.25. The van der Waals surface area contributed by atoms with Gasteiger partial charge in [-0.15, -0.1) is 0 Å². The second-order valence-corrected chi connectivity index (χ2v) is 7.80. The number of ether oxygens (including phenoxy) is 1. The standard InChI is InChI=1S/C13H17Cl2NO4S/c1-8(2)11(7-20-3)16-13(17)9-4-5-10(14)12(6-9)21(15,18)19/h4-6,8,11H,7H2,1-3H3,(H,16,17). The highest BCUT2D eigenvalue weighted by Crippen LogP contribution is 2.25. The van der Waals surface area contributed by atoms with Gasteiger partial charge >= 0.3 is 0 Å². The molecule has 1 rings (SSSR count). The Kier molecular flexibility index (Phi) is 6.46. The van der Waals surface area contributed by atoms with E-state index in [1.54, 1.807) is 7.11 Å². The molecule has 5 nitrogen and oxygen atoms in total. The molecule has 0 aliphatic rings. The largest absolute Gasteiger partial charge is 0.383 e. The smallest absolute Gasteiger partial charge is 0.262 e. The number of methoxy groups -OCH3 is 1. The van der Waals surface area contributed by atoms with Gasteiger partial charge in [0.25, 0.3) is 15.0 Å². The fraction of sp³-hybridized carbons (Fsp3) is 0.462. The van der Waals surface area contributed by atoms with Crippen molar-refractivity contribution >= 4 is 37.2 Å². The summed E-state index contributed by atoms with van der Waals surface area (Å²) < 4.78 is 27.8. The van der Waals surface area contributed by atoms with Gasteiger partial charge in [0.1, 0.15) is 4.90 Å². The summed E-state index contributed by atoms with van der Waals surface area (Å²) in [5, 5.41) is 2.76. The molecule has 1 N–H and O–H groups in total. The van der Waals surface area contributed by atoms with E-state index in [2.05, 4.69) is 5.32 Å². The van der Waals surface area contributed by atoms with Crippen LogP contribution in [0.2, 0.25) is 5.02 Å². The molecule has 0 saturated heterocycles. The zero-order chi connectivity index (χ0) is 16.2. The average Bonchev–Trinajstić information content (AvgIpc) is 2.37. The SMILES string of the molecule is COCC(NC(=O)c1ccc(Cl)c(S(=O)(=O)Cl)c1)C(C)C. The van der Waals surface area contributed by atoms with Crippen molar-refractivity contribution in [2.45, 2.75) is 24.8 Å². The van der Waals surface area contributed by atoms with E-state index in [1.807, 2.05) is 13.8 Å². The van der Waals surface area contributed by atoms with Crippen LogP contribution in [0.3, 0.4) is 0 Å². The van der Waals surface area contributed by atoms with Crippen molar-refractivity contribution in [3.8, 4) is 0 Å². The first-order valence-corrected chi connectivity index (χ1v) is 8.89. The van der Waals surface area contributed by atoms with Crippen molar-refractivity contribution in [3.63, 3.8) is 0 Å². The molecule has 0 aromatic heterocycles. The molecule has 1 atom stereocenters. The van der Waals surface area contributed by atoms with Crippen LogP contribution in [-0.4, -0.2) is 34.1 Å². The zero-order valence-corrected chi connectivity index (χ0v) is 14.2. The molecule has 1 amide bonds. The molecule has 0 heterocycles. The van der Waals surface area contributed by atoms with Crippen molar-refractivity contribution in [2.75, 3.05) is 13.7 Å². The number of rotatable bonds is 6. The number of hydrogen-bond acceptors (Lipinski definition) is 4. The Hall–Kier alpha value is -0.820. The van der Waals surface area contributed by atoms with E-state index in [-0.39, 0.29) is 27.4 Å². The monoisotopic (exact) mass is 353 g/mol. The fourth-order valence-corrected chi connectivity index (χ4v) is 3.16. The molecule has 21 heavy (non-hydrogen) atoms. The lowest BCUT2D eigenvalue weighted by Crippen LogP contribution is -2.41. The van der Waals surface area contributed by atoms with Crippen molar-refractivity contribution in [3.05, 3.63) is 28.8 Å².